The number of hydrogen-bond acceptors (Lipinski definition) is 3. The quantitative estimate of drug-likeness (QED) is 0.453. The van der Waals surface area contributed by atoms with Crippen molar-refractivity contribution in [2.45, 2.75) is 4.33 Å². The van der Waals surface area contributed by atoms with Crippen molar-refractivity contribution >= 4 is 31.1 Å². The number of rotatable bonds is 0. The van der Waals surface area contributed by atoms with Crippen LogP contribution < -0.4 is 0 Å². The lowest BCUT2D eigenvalue weighted by atomic mass is 10.5. The van der Waals surface area contributed by atoms with Crippen LogP contribution in [0.2, 0.25) is 0 Å². The molecular formula is C3H4Cl2FO3P. The summed E-state index contributed by atoms with van der Waals surface area (Å²) in [4.78, 5) is 0. The molecule has 7 heteroatoms. The molecule has 1 heterocycles. The van der Waals surface area contributed by atoms with Crippen molar-refractivity contribution in [2.24, 2.45) is 0 Å². The van der Waals surface area contributed by atoms with E-state index in [9.17, 15) is 8.76 Å². The van der Waals surface area contributed by atoms with Gasteiger partial charge in [-0.1, -0.05) is 23.2 Å². The summed E-state index contributed by atoms with van der Waals surface area (Å²) in [5.74, 6) is 0. The van der Waals surface area contributed by atoms with Gasteiger partial charge in [-0.2, -0.15) is 0 Å². The molecule has 0 amide bonds. The molecule has 1 aliphatic heterocycles. The van der Waals surface area contributed by atoms with Crippen molar-refractivity contribution in [1.29, 1.82) is 0 Å². The summed E-state index contributed by atoms with van der Waals surface area (Å²) in [5, 5.41) is 0. The summed E-state index contributed by atoms with van der Waals surface area (Å²) in [6, 6.07) is 0. The van der Waals surface area contributed by atoms with Gasteiger partial charge in [0.25, 0.3) is 0 Å². The van der Waals surface area contributed by atoms with Crippen molar-refractivity contribution in [1.82, 2.24) is 0 Å². The van der Waals surface area contributed by atoms with E-state index >= 15 is 0 Å². The van der Waals surface area contributed by atoms with Crippen LogP contribution in [-0.4, -0.2) is 17.5 Å². The lowest BCUT2D eigenvalue weighted by molar-refractivity contribution is 0.113. The summed E-state index contributed by atoms with van der Waals surface area (Å²) in [5.41, 5.74) is 0. The summed E-state index contributed by atoms with van der Waals surface area (Å²) in [6.07, 6.45) is 0. The molecule has 0 radical (unpaired) electrons. The molecule has 1 rings (SSSR count). The van der Waals surface area contributed by atoms with Gasteiger partial charge in [-0.3, -0.25) is 9.05 Å². The van der Waals surface area contributed by atoms with Gasteiger partial charge in [-0.25, -0.2) is 4.57 Å². The zero-order valence-corrected chi connectivity index (χ0v) is 7.13. The van der Waals surface area contributed by atoms with E-state index < -0.39 is 12.2 Å². The standard InChI is InChI=1S/C3H4Cl2FO3P/c4-3(5)1-8-10(6,7)9-2-3/h1-2H2. The Kier molecular flexibility index (Phi) is 2.28. The molecule has 0 atom stereocenters. The van der Waals surface area contributed by atoms with Crippen molar-refractivity contribution in [2.75, 3.05) is 13.2 Å². The normalized spacial score (nSPS) is 29.9. The zero-order valence-electron chi connectivity index (χ0n) is 4.72. The average Bonchev–Trinajstić information content (AvgIpc) is 1.79. The Hall–Kier alpha value is 0.660. The minimum atomic E-state index is -4.34. The molecule has 10 heavy (non-hydrogen) atoms. The van der Waals surface area contributed by atoms with Gasteiger partial charge in [0.1, 0.15) is 0 Å². The predicted molar refractivity (Wildman–Crippen MR) is 35.1 cm³/mol. The Bertz CT molecular complexity index is 171. The Labute approximate surface area is 67.0 Å². The Morgan fingerprint density at radius 2 is 1.80 bits per heavy atom. The molecular weight excluding hydrogens is 205 g/mol. The molecule has 0 spiro atoms. The molecule has 0 aliphatic carbocycles. The second kappa shape index (κ2) is 2.61. The Morgan fingerprint density at radius 1 is 1.40 bits per heavy atom. The van der Waals surface area contributed by atoms with E-state index in [1.807, 2.05) is 0 Å². The van der Waals surface area contributed by atoms with Crippen molar-refractivity contribution in [3.8, 4) is 0 Å². The fourth-order valence-electron chi connectivity index (χ4n) is 0.422. The molecule has 0 aromatic heterocycles. The maximum atomic E-state index is 12.2. The third-order valence-electron chi connectivity index (χ3n) is 0.860. The minimum Gasteiger partial charge on any atom is -0.280 e. The summed E-state index contributed by atoms with van der Waals surface area (Å²) in [7, 11) is -4.34. The fourth-order valence-corrected chi connectivity index (χ4v) is 1.77. The summed E-state index contributed by atoms with van der Waals surface area (Å²) in [6.45, 7) is -0.631. The highest BCUT2D eigenvalue weighted by Crippen LogP contribution is 2.55. The molecule has 60 valence electrons. The second-order valence-corrected chi connectivity index (χ2v) is 4.85. The average molecular weight is 209 g/mol. The van der Waals surface area contributed by atoms with Crippen molar-refractivity contribution < 1.29 is 17.8 Å². The SMILES string of the molecule is O=P1(F)OCC(Cl)(Cl)CO1. The number of hydrogen-bond donors (Lipinski definition) is 0. The van der Waals surface area contributed by atoms with Crippen LogP contribution in [-0.2, 0) is 13.6 Å². The van der Waals surface area contributed by atoms with Gasteiger partial charge in [0.15, 0.2) is 4.33 Å². The van der Waals surface area contributed by atoms with E-state index in [-0.39, 0.29) is 13.2 Å². The van der Waals surface area contributed by atoms with Crippen LogP contribution in [0, 0.1) is 0 Å². The molecule has 1 saturated heterocycles. The first-order chi connectivity index (χ1) is 4.41. The van der Waals surface area contributed by atoms with Crippen LogP contribution in [0.5, 0.6) is 0 Å². The van der Waals surface area contributed by atoms with E-state index in [2.05, 4.69) is 9.05 Å². The Balaban J connectivity index is 2.54. The van der Waals surface area contributed by atoms with Gasteiger partial charge in [-0.15, -0.1) is 4.20 Å². The van der Waals surface area contributed by atoms with Crippen LogP contribution in [0.3, 0.4) is 0 Å². The lowest BCUT2D eigenvalue weighted by Gasteiger charge is -2.25. The molecule has 0 bridgehead atoms. The third-order valence-corrected chi connectivity index (χ3v) is 2.17. The van der Waals surface area contributed by atoms with Crippen LogP contribution >= 0.6 is 31.1 Å². The van der Waals surface area contributed by atoms with E-state index in [4.69, 9.17) is 23.2 Å². The molecule has 1 aliphatic rings. The highest BCUT2D eigenvalue weighted by molar-refractivity contribution is 7.48. The Morgan fingerprint density at radius 3 is 2.10 bits per heavy atom. The van der Waals surface area contributed by atoms with Gasteiger partial charge in [0.2, 0.25) is 0 Å². The molecule has 1 fully saturated rings. The third kappa shape index (κ3) is 2.36. The molecule has 0 saturated carbocycles. The number of halogens is 3. The molecule has 0 aromatic rings. The minimum absolute atomic E-state index is 0.316. The second-order valence-electron chi connectivity index (χ2n) is 1.83. The summed E-state index contributed by atoms with van der Waals surface area (Å²) >= 11 is 10.9. The van der Waals surface area contributed by atoms with E-state index in [0.29, 0.717) is 0 Å². The topological polar surface area (TPSA) is 35.5 Å². The molecule has 0 aromatic carbocycles. The van der Waals surface area contributed by atoms with Crippen LogP contribution in [0.1, 0.15) is 0 Å². The maximum absolute atomic E-state index is 12.2. The van der Waals surface area contributed by atoms with Gasteiger partial charge in [0, 0.05) is 0 Å². The molecule has 0 unspecified atom stereocenters. The molecule has 3 nitrogen and oxygen atoms in total. The predicted octanol–water partition coefficient (Wildman–Crippen LogP) is 2.28. The van der Waals surface area contributed by atoms with E-state index in [1.54, 1.807) is 0 Å². The zero-order chi connectivity index (χ0) is 7.83. The van der Waals surface area contributed by atoms with Gasteiger partial charge >= 0.3 is 7.91 Å². The van der Waals surface area contributed by atoms with Gasteiger partial charge in [0.05, 0.1) is 13.2 Å². The highest BCUT2D eigenvalue weighted by Gasteiger charge is 2.40. The fraction of sp³-hybridized carbons (Fsp3) is 1.00. The van der Waals surface area contributed by atoms with Crippen LogP contribution in [0.15, 0.2) is 0 Å². The maximum Gasteiger partial charge on any atom is 0.513 e. The van der Waals surface area contributed by atoms with E-state index in [1.165, 1.54) is 0 Å². The largest absolute Gasteiger partial charge is 0.513 e. The van der Waals surface area contributed by atoms with E-state index in [0.717, 1.165) is 0 Å². The van der Waals surface area contributed by atoms with Gasteiger partial charge < -0.3 is 0 Å². The van der Waals surface area contributed by atoms with Crippen molar-refractivity contribution in [3.63, 3.8) is 0 Å². The first-order valence-corrected chi connectivity index (χ1v) is 4.57. The summed E-state index contributed by atoms with van der Waals surface area (Å²) < 4.78 is 29.4. The molecule has 0 N–H and O–H groups in total. The first-order valence-electron chi connectivity index (χ1n) is 2.38. The van der Waals surface area contributed by atoms with Crippen LogP contribution in [0.4, 0.5) is 4.20 Å². The smallest absolute Gasteiger partial charge is 0.280 e. The van der Waals surface area contributed by atoms with Crippen molar-refractivity contribution in [3.05, 3.63) is 0 Å². The highest BCUT2D eigenvalue weighted by atomic mass is 35.5. The van der Waals surface area contributed by atoms with Gasteiger partial charge in [-0.05, 0) is 0 Å². The monoisotopic (exact) mass is 208 g/mol. The number of alkyl halides is 2. The first kappa shape index (κ1) is 8.75. The van der Waals surface area contributed by atoms with Crippen LogP contribution in [0.25, 0.3) is 0 Å². The lowest BCUT2D eigenvalue weighted by Crippen LogP contribution is -2.30.